The summed E-state index contributed by atoms with van der Waals surface area (Å²) in [5.41, 5.74) is 4.31. The molecule has 27 heavy (non-hydrogen) atoms. The molecule has 1 aliphatic heterocycles. The molecule has 1 fully saturated rings. The maximum atomic E-state index is 12.7. The Kier molecular flexibility index (Phi) is 4.72. The number of hydrazine groups is 1. The van der Waals surface area contributed by atoms with Crippen molar-refractivity contribution in [2.45, 2.75) is 18.6 Å². The van der Waals surface area contributed by atoms with Crippen LogP contribution in [0, 0.1) is 0 Å². The van der Waals surface area contributed by atoms with Crippen LogP contribution in [0.1, 0.15) is 27.7 Å². The minimum Gasteiger partial charge on any atom is -0.468 e. The van der Waals surface area contributed by atoms with Crippen molar-refractivity contribution < 1.29 is 14.0 Å². The van der Waals surface area contributed by atoms with Gasteiger partial charge in [0.2, 0.25) is 0 Å². The first kappa shape index (κ1) is 17.1. The topological polar surface area (TPSA) is 74.6 Å². The summed E-state index contributed by atoms with van der Waals surface area (Å²) in [7, 11) is 0. The Morgan fingerprint density at radius 1 is 1.00 bits per heavy atom. The fourth-order valence-electron chi connectivity index (χ4n) is 3.29. The van der Waals surface area contributed by atoms with Crippen molar-refractivity contribution in [1.29, 1.82) is 0 Å². The number of carbonyl (C=O) groups excluding carboxylic acids is 2. The number of amides is 2. The Balaban J connectivity index is 1.62. The second-order valence-electron chi connectivity index (χ2n) is 6.36. The van der Waals surface area contributed by atoms with Crippen LogP contribution in [0.5, 0.6) is 0 Å². The van der Waals surface area contributed by atoms with E-state index in [0.29, 0.717) is 12.1 Å². The van der Waals surface area contributed by atoms with Gasteiger partial charge < -0.3 is 9.73 Å². The highest BCUT2D eigenvalue weighted by Crippen LogP contribution is 2.29. The van der Waals surface area contributed by atoms with Gasteiger partial charge in [-0.05, 0) is 29.8 Å². The fraction of sp³-hybridized carbons (Fsp3) is 0.143. The summed E-state index contributed by atoms with van der Waals surface area (Å²) < 4.78 is 5.42. The van der Waals surface area contributed by atoms with Crippen LogP contribution < -0.4 is 10.7 Å². The van der Waals surface area contributed by atoms with Crippen LogP contribution in [0.3, 0.4) is 0 Å². The highest BCUT2D eigenvalue weighted by molar-refractivity contribution is 5.98. The summed E-state index contributed by atoms with van der Waals surface area (Å²) in [4.78, 5) is 25.3. The Labute approximate surface area is 156 Å². The molecule has 0 spiro atoms. The number of furan rings is 1. The molecule has 2 aromatic carbocycles. The van der Waals surface area contributed by atoms with Gasteiger partial charge in [-0.1, -0.05) is 48.5 Å². The molecule has 136 valence electrons. The lowest BCUT2D eigenvalue weighted by atomic mass is 9.99. The second kappa shape index (κ2) is 7.47. The van der Waals surface area contributed by atoms with Crippen molar-refractivity contribution in [1.82, 2.24) is 15.8 Å². The predicted molar refractivity (Wildman–Crippen MR) is 99.3 cm³/mol. The monoisotopic (exact) mass is 361 g/mol. The number of rotatable bonds is 5. The van der Waals surface area contributed by atoms with Gasteiger partial charge in [-0.3, -0.25) is 15.0 Å². The van der Waals surface area contributed by atoms with Crippen LogP contribution in [0.2, 0.25) is 0 Å². The van der Waals surface area contributed by atoms with Gasteiger partial charge in [0, 0.05) is 5.56 Å². The minimum absolute atomic E-state index is 0.250. The molecule has 2 heterocycles. The summed E-state index contributed by atoms with van der Waals surface area (Å²) in [6.07, 6.45) is 1.60. The van der Waals surface area contributed by atoms with Gasteiger partial charge in [-0.25, -0.2) is 5.01 Å². The lowest BCUT2D eigenvalue weighted by molar-refractivity contribution is -0.122. The molecule has 2 atom stereocenters. The minimum atomic E-state index is -0.713. The number of nitrogens with zero attached hydrogens (tertiary/aromatic N) is 1. The molecule has 0 bridgehead atoms. The molecule has 0 aliphatic carbocycles. The van der Waals surface area contributed by atoms with Crippen molar-refractivity contribution in [3.05, 3.63) is 95.9 Å². The second-order valence-corrected chi connectivity index (χ2v) is 6.36. The smallest absolute Gasteiger partial charge is 0.258 e. The highest BCUT2D eigenvalue weighted by Gasteiger charge is 2.43. The van der Waals surface area contributed by atoms with E-state index in [2.05, 4.69) is 10.7 Å². The molecule has 4 rings (SSSR count). The lowest BCUT2D eigenvalue weighted by Crippen LogP contribution is -2.43. The van der Waals surface area contributed by atoms with E-state index in [1.165, 1.54) is 0 Å². The first-order chi connectivity index (χ1) is 13.2. The molecule has 3 aromatic rings. The zero-order valence-electron chi connectivity index (χ0n) is 14.5. The summed E-state index contributed by atoms with van der Waals surface area (Å²) in [6.45, 7) is 0.399. The lowest BCUT2D eigenvalue weighted by Gasteiger charge is -2.26. The molecule has 6 heteroatoms. The molecular formula is C21H19N3O3. The molecule has 0 saturated carbocycles. The van der Waals surface area contributed by atoms with Crippen LogP contribution in [-0.4, -0.2) is 22.9 Å². The molecule has 1 aliphatic rings. The molecule has 2 amide bonds. The van der Waals surface area contributed by atoms with Crippen LogP contribution in [-0.2, 0) is 11.3 Å². The van der Waals surface area contributed by atoms with Gasteiger partial charge in [-0.2, -0.15) is 0 Å². The molecule has 1 aromatic heterocycles. The normalized spacial score (nSPS) is 19.6. The zero-order valence-corrected chi connectivity index (χ0v) is 14.5. The SMILES string of the molecule is O=C(N[C@@H]1C(=O)NN(Cc2ccco2)[C@H]1c1ccccc1)c1ccccc1. The van der Waals surface area contributed by atoms with Crippen molar-refractivity contribution in [3.8, 4) is 0 Å². The Morgan fingerprint density at radius 2 is 1.70 bits per heavy atom. The van der Waals surface area contributed by atoms with Crippen LogP contribution >= 0.6 is 0 Å². The summed E-state index contributed by atoms with van der Waals surface area (Å²) in [5.74, 6) is 0.197. The van der Waals surface area contributed by atoms with Gasteiger partial charge in [-0.15, -0.1) is 0 Å². The van der Waals surface area contributed by atoms with E-state index >= 15 is 0 Å². The van der Waals surface area contributed by atoms with Gasteiger partial charge >= 0.3 is 0 Å². The van der Waals surface area contributed by atoms with Gasteiger partial charge in [0.15, 0.2) is 0 Å². The van der Waals surface area contributed by atoms with Gasteiger partial charge in [0.25, 0.3) is 11.8 Å². The number of hydrogen-bond donors (Lipinski definition) is 2. The maximum Gasteiger partial charge on any atom is 0.258 e. The van der Waals surface area contributed by atoms with Crippen molar-refractivity contribution >= 4 is 11.8 Å². The average molecular weight is 361 g/mol. The van der Waals surface area contributed by atoms with Crippen LogP contribution in [0.25, 0.3) is 0 Å². The molecule has 0 radical (unpaired) electrons. The molecule has 0 unspecified atom stereocenters. The molecule has 6 nitrogen and oxygen atoms in total. The van der Waals surface area contributed by atoms with E-state index < -0.39 is 6.04 Å². The largest absolute Gasteiger partial charge is 0.468 e. The van der Waals surface area contributed by atoms with Gasteiger partial charge in [0.05, 0.1) is 18.8 Å². The molecule has 2 N–H and O–H groups in total. The third kappa shape index (κ3) is 3.61. The summed E-state index contributed by atoms with van der Waals surface area (Å²) >= 11 is 0. The van der Waals surface area contributed by atoms with E-state index in [1.54, 1.807) is 41.6 Å². The maximum absolute atomic E-state index is 12.7. The number of nitrogens with one attached hydrogen (secondary N) is 2. The Hall–Kier alpha value is -3.38. The van der Waals surface area contributed by atoms with E-state index in [4.69, 9.17) is 4.42 Å². The van der Waals surface area contributed by atoms with Crippen LogP contribution in [0.4, 0.5) is 0 Å². The predicted octanol–water partition coefficient (Wildman–Crippen LogP) is 2.67. The van der Waals surface area contributed by atoms with Gasteiger partial charge in [0.1, 0.15) is 11.8 Å². The quantitative estimate of drug-likeness (QED) is 0.733. The first-order valence-corrected chi connectivity index (χ1v) is 8.73. The van der Waals surface area contributed by atoms with Crippen molar-refractivity contribution in [2.75, 3.05) is 0 Å². The Bertz CT molecular complexity index is 910. The van der Waals surface area contributed by atoms with E-state index in [1.807, 2.05) is 42.5 Å². The fourth-order valence-corrected chi connectivity index (χ4v) is 3.29. The highest BCUT2D eigenvalue weighted by atomic mass is 16.3. The first-order valence-electron chi connectivity index (χ1n) is 8.73. The molecule has 1 saturated heterocycles. The standard InChI is InChI=1S/C21H19N3O3/c25-20(16-10-5-2-6-11-16)22-18-19(15-8-3-1-4-9-15)24(23-21(18)26)14-17-12-7-13-27-17/h1-13,18-19H,14H2,(H,22,25)(H,23,26)/t18-,19-/m0/s1. The number of benzene rings is 2. The van der Waals surface area contributed by atoms with E-state index in [9.17, 15) is 9.59 Å². The third-order valence-corrected chi connectivity index (χ3v) is 4.56. The van der Waals surface area contributed by atoms with Crippen molar-refractivity contribution in [3.63, 3.8) is 0 Å². The average Bonchev–Trinajstić information content (AvgIpc) is 3.32. The third-order valence-electron chi connectivity index (χ3n) is 4.56. The van der Waals surface area contributed by atoms with Crippen LogP contribution in [0.15, 0.2) is 83.5 Å². The Morgan fingerprint density at radius 3 is 2.37 bits per heavy atom. The summed E-state index contributed by atoms with van der Waals surface area (Å²) in [6, 6.07) is 21.1. The molecular weight excluding hydrogens is 342 g/mol. The summed E-state index contributed by atoms with van der Waals surface area (Å²) in [5, 5.41) is 4.68. The number of carbonyl (C=O) groups is 2. The zero-order chi connectivity index (χ0) is 18.6. The van der Waals surface area contributed by atoms with Crippen molar-refractivity contribution in [2.24, 2.45) is 0 Å². The van der Waals surface area contributed by atoms with E-state index in [-0.39, 0.29) is 17.9 Å². The number of hydrogen-bond acceptors (Lipinski definition) is 4. The van der Waals surface area contributed by atoms with E-state index in [0.717, 1.165) is 11.3 Å².